The van der Waals surface area contributed by atoms with Gasteiger partial charge in [-0.3, -0.25) is 14.3 Å². The van der Waals surface area contributed by atoms with Gasteiger partial charge in [0.2, 0.25) is 0 Å². The van der Waals surface area contributed by atoms with E-state index in [0.717, 1.165) is 17.5 Å². The van der Waals surface area contributed by atoms with Gasteiger partial charge in [0.05, 0.1) is 36.3 Å². The molecule has 31 heavy (non-hydrogen) atoms. The third-order valence-corrected chi connectivity index (χ3v) is 5.38. The molecular weight excluding hydrogens is 402 g/mol. The lowest BCUT2D eigenvalue weighted by Crippen LogP contribution is -2.20. The molecule has 0 aliphatic carbocycles. The summed E-state index contributed by atoms with van der Waals surface area (Å²) in [7, 11) is 2.93. The van der Waals surface area contributed by atoms with Gasteiger partial charge in [0.25, 0.3) is 5.56 Å². The number of hydrogen-bond acceptors (Lipinski definition) is 4. The average Bonchev–Trinajstić information content (AvgIpc) is 2.80. The second-order valence-electron chi connectivity index (χ2n) is 7.03. The standard InChI is InChI=1S/C24H16F2N2O3/c1-30-21-10-14-15-9-17(25)18(26)12-20(15)28(24(29)16(14)11-22(21)31-2)19-7-3-5-13-6-4-8-27-23(13)19/h3-12H,1-2H3. The first kappa shape index (κ1) is 19.0. The molecule has 0 N–H and O–H groups in total. The lowest BCUT2D eigenvalue weighted by atomic mass is 10.0. The predicted octanol–water partition coefficient (Wildman–Crippen LogP) is 4.99. The monoisotopic (exact) mass is 418 g/mol. The number of para-hydroxylation sites is 1. The van der Waals surface area contributed by atoms with Gasteiger partial charge in [-0.1, -0.05) is 18.2 Å². The van der Waals surface area contributed by atoms with E-state index in [9.17, 15) is 13.6 Å². The molecule has 7 heteroatoms. The van der Waals surface area contributed by atoms with Gasteiger partial charge in [0.15, 0.2) is 23.1 Å². The van der Waals surface area contributed by atoms with E-state index in [1.165, 1.54) is 18.8 Å². The van der Waals surface area contributed by atoms with E-state index < -0.39 is 17.2 Å². The second kappa shape index (κ2) is 7.05. The summed E-state index contributed by atoms with van der Waals surface area (Å²) in [5, 5.41) is 1.89. The third kappa shape index (κ3) is 2.81. The van der Waals surface area contributed by atoms with Gasteiger partial charge in [0, 0.05) is 28.4 Å². The van der Waals surface area contributed by atoms with Crippen LogP contribution in [-0.4, -0.2) is 23.8 Å². The molecule has 0 atom stereocenters. The summed E-state index contributed by atoms with van der Waals surface area (Å²) in [5.74, 6) is -1.32. The Hall–Kier alpha value is -4.00. The van der Waals surface area contributed by atoms with Gasteiger partial charge in [-0.25, -0.2) is 8.78 Å². The SMILES string of the molecule is COc1cc2c(=O)n(-c3cccc4cccnc34)c3cc(F)c(F)cc3c2cc1OC. The Labute approximate surface area is 175 Å². The van der Waals surface area contributed by atoms with Gasteiger partial charge >= 0.3 is 0 Å². The van der Waals surface area contributed by atoms with Gasteiger partial charge in [-0.05, 0) is 30.3 Å². The normalized spacial score (nSPS) is 11.4. The molecule has 0 aliphatic heterocycles. The summed E-state index contributed by atoms with van der Waals surface area (Å²) in [6, 6.07) is 14.3. The molecule has 0 saturated carbocycles. The van der Waals surface area contributed by atoms with Crippen molar-refractivity contribution < 1.29 is 18.3 Å². The molecule has 0 radical (unpaired) electrons. The molecule has 5 rings (SSSR count). The molecule has 0 aliphatic rings. The molecule has 0 bridgehead atoms. The Balaban J connectivity index is 2.04. The minimum absolute atomic E-state index is 0.224. The molecule has 0 fully saturated rings. The Morgan fingerprint density at radius 1 is 0.839 bits per heavy atom. The molecule has 0 amide bonds. The number of hydrogen-bond donors (Lipinski definition) is 0. The highest BCUT2D eigenvalue weighted by atomic mass is 19.2. The molecule has 5 nitrogen and oxygen atoms in total. The molecule has 2 aromatic heterocycles. The number of nitrogens with zero attached hydrogens (tertiary/aromatic N) is 2. The van der Waals surface area contributed by atoms with E-state index in [0.29, 0.717) is 33.5 Å². The molecular formula is C24H16F2N2O3. The fourth-order valence-electron chi connectivity index (χ4n) is 3.95. The minimum atomic E-state index is -1.05. The highest BCUT2D eigenvalue weighted by Gasteiger charge is 2.19. The number of ether oxygens (including phenoxy) is 2. The van der Waals surface area contributed by atoms with E-state index in [1.54, 1.807) is 36.5 Å². The number of pyridine rings is 2. The van der Waals surface area contributed by atoms with Gasteiger partial charge in [-0.15, -0.1) is 0 Å². The van der Waals surface area contributed by atoms with Crippen molar-refractivity contribution in [2.45, 2.75) is 0 Å². The fraction of sp³-hybridized carbons (Fsp3) is 0.0833. The van der Waals surface area contributed by atoms with Crippen molar-refractivity contribution in [3.8, 4) is 17.2 Å². The zero-order chi connectivity index (χ0) is 21.7. The number of methoxy groups -OCH3 is 2. The lowest BCUT2D eigenvalue weighted by Gasteiger charge is -2.16. The second-order valence-corrected chi connectivity index (χ2v) is 7.03. The zero-order valence-electron chi connectivity index (χ0n) is 16.6. The Morgan fingerprint density at radius 3 is 2.26 bits per heavy atom. The van der Waals surface area contributed by atoms with Crippen molar-refractivity contribution >= 4 is 32.6 Å². The molecule has 0 saturated heterocycles. The van der Waals surface area contributed by atoms with Crippen LogP contribution in [0.1, 0.15) is 0 Å². The molecule has 0 unspecified atom stereocenters. The first-order valence-electron chi connectivity index (χ1n) is 9.47. The van der Waals surface area contributed by atoms with Crippen LogP contribution in [0.15, 0.2) is 65.6 Å². The van der Waals surface area contributed by atoms with Crippen molar-refractivity contribution in [1.82, 2.24) is 9.55 Å². The van der Waals surface area contributed by atoms with Crippen molar-refractivity contribution in [2.24, 2.45) is 0 Å². The van der Waals surface area contributed by atoms with Crippen LogP contribution in [0.3, 0.4) is 0 Å². The number of rotatable bonds is 3. The topological polar surface area (TPSA) is 53.4 Å². The number of aromatic nitrogens is 2. The van der Waals surface area contributed by atoms with Gasteiger partial charge < -0.3 is 9.47 Å². The highest BCUT2D eigenvalue weighted by molar-refractivity contribution is 6.08. The molecule has 154 valence electrons. The van der Waals surface area contributed by atoms with Crippen molar-refractivity contribution in [1.29, 1.82) is 0 Å². The van der Waals surface area contributed by atoms with Crippen molar-refractivity contribution in [3.05, 3.63) is 82.8 Å². The molecule has 0 spiro atoms. The first-order chi connectivity index (χ1) is 15.0. The summed E-state index contributed by atoms with van der Waals surface area (Å²) < 4.78 is 40.6. The number of halogens is 2. The Morgan fingerprint density at radius 2 is 1.52 bits per heavy atom. The van der Waals surface area contributed by atoms with Crippen molar-refractivity contribution in [2.75, 3.05) is 14.2 Å². The van der Waals surface area contributed by atoms with Crippen LogP contribution in [0.25, 0.3) is 38.3 Å². The largest absolute Gasteiger partial charge is 0.493 e. The smallest absolute Gasteiger partial charge is 0.263 e. The van der Waals surface area contributed by atoms with Gasteiger partial charge in [-0.2, -0.15) is 0 Å². The maximum Gasteiger partial charge on any atom is 0.263 e. The number of fused-ring (bicyclic) bond motifs is 4. The van der Waals surface area contributed by atoms with Crippen LogP contribution in [0.2, 0.25) is 0 Å². The average molecular weight is 418 g/mol. The van der Waals surface area contributed by atoms with Crippen molar-refractivity contribution in [3.63, 3.8) is 0 Å². The van der Waals surface area contributed by atoms with E-state index in [2.05, 4.69) is 4.98 Å². The van der Waals surface area contributed by atoms with Crippen LogP contribution in [0.4, 0.5) is 8.78 Å². The molecule has 5 aromatic rings. The van der Waals surface area contributed by atoms with Gasteiger partial charge in [0.1, 0.15) is 0 Å². The molecule has 2 heterocycles. The van der Waals surface area contributed by atoms with E-state index >= 15 is 0 Å². The zero-order valence-corrected chi connectivity index (χ0v) is 16.6. The Kier molecular flexibility index (Phi) is 4.32. The van der Waals surface area contributed by atoms with Crippen LogP contribution < -0.4 is 15.0 Å². The maximum absolute atomic E-state index is 14.3. The first-order valence-corrected chi connectivity index (χ1v) is 9.47. The summed E-state index contributed by atoms with van der Waals surface area (Å²) in [6.45, 7) is 0. The van der Waals surface area contributed by atoms with E-state index in [-0.39, 0.29) is 10.9 Å². The predicted molar refractivity (Wildman–Crippen MR) is 115 cm³/mol. The molecule has 3 aromatic carbocycles. The lowest BCUT2D eigenvalue weighted by molar-refractivity contribution is 0.356. The van der Waals surface area contributed by atoms with E-state index in [4.69, 9.17) is 9.47 Å². The summed E-state index contributed by atoms with van der Waals surface area (Å²) >= 11 is 0. The maximum atomic E-state index is 14.3. The van der Waals surface area contributed by atoms with Crippen LogP contribution in [0.5, 0.6) is 11.5 Å². The summed E-state index contributed by atoms with van der Waals surface area (Å²) in [4.78, 5) is 18.1. The van der Waals surface area contributed by atoms with E-state index in [1.807, 2.05) is 12.1 Å². The highest BCUT2D eigenvalue weighted by Crippen LogP contribution is 2.36. The fourth-order valence-corrected chi connectivity index (χ4v) is 3.95. The minimum Gasteiger partial charge on any atom is -0.493 e. The summed E-state index contributed by atoms with van der Waals surface area (Å²) in [5.41, 5.74) is 0.850. The third-order valence-electron chi connectivity index (χ3n) is 5.38. The number of benzene rings is 3. The van der Waals surface area contributed by atoms with Crippen LogP contribution >= 0.6 is 0 Å². The Bertz CT molecular complexity index is 1560. The summed E-state index contributed by atoms with van der Waals surface area (Å²) in [6.07, 6.45) is 1.62. The quantitative estimate of drug-likeness (QED) is 0.388. The van der Waals surface area contributed by atoms with Crippen LogP contribution in [0, 0.1) is 11.6 Å². The van der Waals surface area contributed by atoms with Crippen LogP contribution in [-0.2, 0) is 0 Å².